The van der Waals surface area contributed by atoms with Crippen LogP contribution < -0.4 is 25.4 Å². The molecule has 2 rings (SSSR count). The van der Waals surface area contributed by atoms with Crippen LogP contribution in [0.2, 0.25) is 0 Å². The maximum atomic E-state index is 12.1. The Bertz CT molecular complexity index is 656. The van der Waals surface area contributed by atoms with Gasteiger partial charge in [0.15, 0.2) is 11.5 Å². The minimum atomic E-state index is -0.972. The maximum Gasteiger partial charge on any atom is 0.316 e. The lowest BCUT2D eigenvalue weighted by Crippen LogP contribution is -2.44. The lowest BCUT2D eigenvalue weighted by Gasteiger charge is -2.21. The van der Waals surface area contributed by atoms with Crippen molar-refractivity contribution in [2.75, 3.05) is 31.6 Å². The highest BCUT2D eigenvalue weighted by molar-refractivity contribution is 6.42. The predicted molar refractivity (Wildman–Crippen MR) is 96.2 cm³/mol. The van der Waals surface area contributed by atoms with Crippen molar-refractivity contribution in [3.05, 3.63) is 18.2 Å². The second-order valence-corrected chi connectivity index (χ2v) is 5.82. The van der Waals surface area contributed by atoms with E-state index in [4.69, 9.17) is 9.47 Å². The van der Waals surface area contributed by atoms with E-state index in [1.807, 2.05) is 13.8 Å². The molecule has 26 heavy (non-hydrogen) atoms. The third kappa shape index (κ3) is 5.45. The van der Waals surface area contributed by atoms with Gasteiger partial charge in [0.1, 0.15) is 0 Å². The standard InChI is InChI=1S/C18H25N3O5/c1-3-25-14-6-5-13(11-15(14)26-4-2)20-17(23)18(24)21-16(22)12-7-9-19-10-8-12/h5-6,11-12,19H,3-4,7-10H2,1-2H3,(H,20,23)(H,21,22,24). The Balaban J connectivity index is 1.96. The summed E-state index contributed by atoms with van der Waals surface area (Å²) in [6.07, 6.45) is 1.30. The van der Waals surface area contributed by atoms with Crippen LogP contribution in [0, 0.1) is 5.92 Å². The summed E-state index contributed by atoms with van der Waals surface area (Å²) in [6.45, 7) is 6.06. The van der Waals surface area contributed by atoms with Crippen molar-refractivity contribution >= 4 is 23.4 Å². The van der Waals surface area contributed by atoms with Gasteiger partial charge in [0.2, 0.25) is 5.91 Å². The number of carbonyl (C=O) groups excluding carboxylic acids is 3. The zero-order valence-electron chi connectivity index (χ0n) is 15.1. The van der Waals surface area contributed by atoms with Crippen LogP contribution >= 0.6 is 0 Å². The van der Waals surface area contributed by atoms with E-state index in [1.54, 1.807) is 18.2 Å². The predicted octanol–water partition coefficient (Wildman–Crippen LogP) is 1.06. The van der Waals surface area contributed by atoms with Gasteiger partial charge in [-0.1, -0.05) is 0 Å². The molecule has 1 aliphatic rings. The number of rotatable bonds is 6. The van der Waals surface area contributed by atoms with Gasteiger partial charge in [0, 0.05) is 17.7 Å². The first-order valence-electron chi connectivity index (χ1n) is 8.81. The fraction of sp³-hybridized carbons (Fsp3) is 0.500. The molecule has 1 heterocycles. The number of imide groups is 1. The Hall–Kier alpha value is -2.61. The Morgan fingerprint density at radius 3 is 2.35 bits per heavy atom. The van der Waals surface area contributed by atoms with Crippen molar-refractivity contribution in [3.8, 4) is 11.5 Å². The average molecular weight is 363 g/mol. The van der Waals surface area contributed by atoms with E-state index in [9.17, 15) is 14.4 Å². The molecule has 0 atom stereocenters. The summed E-state index contributed by atoms with van der Waals surface area (Å²) in [4.78, 5) is 36.1. The zero-order valence-corrected chi connectivity index (χ0v) is 15.1. The first-order valence-corrected chi connectivity index (χ1v) is 8.81. The van der Waals surface area contributed by atoms with Crippen LogP contribution in [-0.2, 0) is 14.4 Å². The summed E-state index contributed by atoms with van der Waals surface area (Å²) in [5, 5.41) is 7.78. The van der Waals surface area contributed by atoms with Crippen LogP contribution in [0.4, 0.5) is 5.69 Å². The van der Waals surface area contributed by atoms with Gasteiger partial charge in [-0.15, -0.1) is 0 Å². The van der Waals surface area contributed by atoms with E-state index < -0.39 is 17.7 Å². The Morgan fingerprint density at radius 1 is 1.04 bits per heavy atom. The van der Waals surface area contributed by atoms with Gasteiger partial charge in [0.25, 0.3) is 0 Å². The van der Waals surface area contributed by atoms with Crippen LogP contribution in [-0.4, -0.2) is 44.0 Å². The summed E-state index contributed by atoms with van der Waals surface area (Å²) in [7, 11) is 0. The van der Waals surface area contributed by atoms with Crippen molar-refractivity contribution < 1.29 is 23.9 Å². The SMILES string of the molecule is CCOc1ccc(NC(=O)C(=O)NC(=O)C2CCNCC2)cc1OCC. The molecule has 8 nitrogen and oxygen atoms in total. The molecule has 3 N–H and O–H groups in total. The van der Waals surface area contributed by atoms with Crippen LogP contribution in [0.15, 0.2) is 18.2 Å². The molecule has 0 aliphatic carbocycles. The first-order chi connectivity index (χ1) is 12.5. The van der Waals surface area contributed by atoms with Crippen LogP contribution in [0.3, 0.4) is 0 Å². The second-order valence-electron chi connectivity index (χ2n) is 5.82. The molecule has 8 heteroatoms. The third-order valence-corrected chi connectivity index (χ3v) is 3.95. The van der Waals surface area contributed by atoms with Gasteiger partial charge in [0.05, 0.1) is 13.2 Å². The summed E-state index contributed by atoms with van der Waals surface area (Å²) in [5.74, 6) is -1.51. The smallest absolute Gasteiger partial charge is 0.316 e. The normalized spacial score (nSPS) is 14.4. The summed E-state index contributed by atoms with van der Waals surface area (Å²) >= 11 is 0. The minimum Gasteiger partial charge on any atom is -0.490 e. The molecule has 0 spiro atoms. The van der Waals surface area contributed by atoms with Gasteiger partial charge < -0.3 is 20.1 Å². The number of anilines is 1. The summed E-state index contributed by atoms with van der Waals surface area (Å²) < 4.78 is 10.9. The van der Waals surface area contributed by atoms with E-state index in [2.05, 4.69) is 16.0 Å². The van der Waals surface area contributed by atoms with Crippen LogP contribution in [0.1, 0.15) is 26.7 Å². The monoisotopic (exact) mass is 363 g/mol. The fourth-order valence-corrected chi connectivity index (χ4v) is 2.67. The number of benzene rings is 1. The molecular formula is C18H25N3O5. The minimum absolute atomic E-state index is 0.247. The molecule has 1 fully saturated rings. The van der Waals surface area contributed by atoms with Crippen LogP contribution in [0.5, 0.6) is 11.5 Å². The quantitative estimate of drug-likeness (QED) is 0.653. The van der Waals surface area contributed by atoms with Crippen molar-refractivity contribution in [1.29, 1.82) is 0 Å². The first kappa shape index (κ1) is 19.7. The Labute approximate surface area is 152 Å². The highest BCUT2D eigenvalue weighted by atomic mass is 16.5. The fourth-order valence-electron chi connectivity index (χ4n) is 2.67. The molecule has 0 unspecified atom stereocenters. The molecule has 0 radical (unpaired) electrons. The molecule has 3 amide bonds. The molecule has 0 saturated carbocycles. The van der Waals surface area contributed by atoms with Crippen LogP contribution in [0.25, 0.3) is 0 Å². The molecule has 1 aromatic carbocycles. The van der Waals surface area contributed by atoms with Gasteiger partial charge in [-0.3, -0.25) is 19.7 Å². The van der Waals surface area contributed by atoms with Crippen molar-refractivity contribution in [2.24, 2.45) is 5.92 Å². The van der Waals surface area contributed by atoms with Gasteiger partial charge in [-0.25, -0.2) is 0 Å². The van der Waals surface area contributed by atoms with Gasteiger partial charge in [-0.2, -0.15) is 0 Å². The van der Waals surface area contributed by atoms with Gasteiger partial charge >= 0.3 is 11.8 Å². The number of hydrogen-bond acceptors (Lipinski definition) is 6. The Morgan fingerprint density at radius 2 is 1.69 bits per heavy atom. The highest BCUT2D eigenvalue weighted by Crippen LogP contribution is 2.30. The number of hydrogen-bond donors (Lipinski definition) is 3. The molecular weight excluding hydrogens is 338 g/mol. The van der Waals surface area contributed by atoms with Crippen molar-refractivity contribution in [1.82, 2.24) is 10.6 Å². The molecule has 142 valence electrons. The number of nitrogens with one attached hydrogen (secondary N) is 3. The third-order valence-electron chi connectivity index (χ3n) is 3.95. The highest BCUT2D eigenvalue weighted by Gasteiger charge is 2.25. The van der Waals surface area contributed by atoms with E-state index in [-0.39, 0.29) is 5.92 Å². The number of carbonyl (C=O) groups is 3. The van der Waals surface area contributed by atoms with E-state index >= 15 is 0 Å². The largest absolute Gasteiger partial charge is 0.490 e. The molecule has 0 aromatic heterocycles. The number of ether oxygens (including phenoxy) is 2. The Kier molecular flexibility index (Phi) is 7.40. The average Bonchev–Trinajstić information content (AvgIpc) is 2.64. The molecule has 1 aromatic rings. The van der Waals surface area contributed by atoms with E-state index in [0.717, 1.165) is 13.1 Å². The van der Waals surface area contributed by atoms with E-state index in [0.29, 0.717) is 43.2 Å². The summed E-state index contributed by atoms with van der Waals surface area (Å²) in [6, 6.07) is 4.84. The van der Waals surface area contributed by atoms with E-state index in [1.165, 1.54) is 0 Å². The lowest BCUT2D eigenvalue weighted by atomic mass is 9.97. The molecule has 0 bridgehead atoms. The lowest BCUT2D eigenvalue weighted by molar-refractivity contribution is -0.141. The van der Waals surface area contributed by atoms with Gasteiger partial charge in [-0.05, 0) is 51.9 Å². The zero-order chi connectivity index (χ0) is 18.9. The van der Waals surface area contributed by atoms with Crippen molar-refractivity contribution in [2.45, 2.75) is 26.7 Å². The summed E-state index contributed by atoms with van der Waals surface area (Å²) in [5.41, 5.74) is 0.381. The second kappa shape index (κ2) is 9.76. The topological polar surface area (TPSA) is 106 Å². The molecule has 1 aliphatic heterocycles. The van der Waals surface area contributed by atoms with Crippen molar-refractivity contribution in [3.63, 3.8) is 0 Å². The number of piperidine rings is 1. The maximum absolute atomic E-state index is 12.1. The molecule has 1 saturated heterocycles. The number of amides is 3.